The van der Waals surface area contributed by atoms with Crippen LogP contribution in [-0.2, 0) is 14.4 Å². The Balaban J connectivity index is 1.35. The van der Waals surface area contributed by atoms with E-state index in [0.29, 0.717) is 23.8 Å². The summed E-state index contributed by atoms with van der Waals surface area (Å²) < 4.78 is 0. The highest BCUT2D eigenvalue weighted by molar-refractivity contribution is 6.09. The van der Waals surface area contributed by atoms with Crippen molar-refractivity contribution < 1.29 is 14.4 Å². The zero-order chi connectivity index (χ0) is 17.3. The lowest BCUT2D eigenvalue weighted by Gasteiger charge is -2.37. The van der Waals surface area contributed by atoms with E-state index in [1.807, 2.05) is 0 Å². The van der Waals surface area contributed by atoms with Gasteiger partial charge in [0.2, 0.25) is 0 Å². The molecule has 126 valence electrons. The zero-order valence-corrected chi connectivity index (χ0v) is 13.5. The first-order chi connectivity index (χ1) is 12.1. The highest BCUT2D eigenvalue weighted by atomic mass is 16.2. The molecule has 1 N–H and O–H groups in total. The van der Waals surface area contributed by atoms with Gasteiger partial charge in [-0.3, -0.25) is 19.8 Å². The summed E-state index contributed by atoms with van der Waals surface area (Å²) in [4.78, 5) is 38.0. The van der Waals surface area contributed by atoms with Crippen molar-refractivity contribution in [3.63, 3.8) is 0 Å². The molecule has 2 bridgehead atoms. The Bertz CT molecular complexity index is 797. The molecule has 1 saturated heterocycles. The number of amides is 3. The number of rotatable bonds is 2. The quantitative estimate of drug-likeness (QED) is 0.604. The van der Waals surface area contributed by atoms with Gasteiger partial charge in [-0.1, -0.05) is 30.4 Å². The summed E-state index contributed by atoms with van der Waals surface area (Å²) in [7, 11) is 0. The first-order valence-corrected chi connectivity index (χ1v) is 8.75. The van der Waals surface area contributed by atoms with Crippen LogP contribution in [0, 0.1) is 52.8 Å². The van der Waals surface area contributed by atoms with Gasteiger partial charge in [-0.2, -0.15) is 10.3 Å². The molecule has 0 aromatic rings. The van der Waals surface area contributed by atoms with Crippen LogP contribution in [0.1, 0.15) is 12.8 Å². The summed E-state index contributed by atoms with van der Waals surface area (Å²) in [5, 5.41) is 9.82. The van der Waals surface area contributed by atoms with Crippen LogP contribution in [0.5, 0.6) is 0 Å². The molecule has 2 saturated carbocycles. The highest BCUT2D eigenvalue weighted by Crippen LogP contribution is 2.65. The van der Waals surface area contributed by atoms with E-state index in [1.165, 1.54) is 0 Å². The third kappa shape index (κ3) is 1.92. The van der Waals surface area contributed by atoms with E-state index in [9.17, 15) is 14.4 Å². The lowest BCUT2D eigenvalue weighted by Crippen LogP contribution is -2.47. The van der Waals surface area contributed by atoms with Gasteiger partial charge in [0.15, 0.2) is 0 Å². The topological polar surface area (TPSA) is 90.3 Å². The molecule has 1 aliphatic heterocycles. The summed E-state index contributed by atoms with van der Waals surface area (Å²) in [6.45, 7) is 0. The van der Waals surface area contributed by atoms with E-state index in [-0.39, 0.29) is 41.4 Å². The molecule has 5 aliphatic carbocycles. The van der Waals surface area contributed by atoms with Gasteiger partial charge in [0, 0.05) is 5.57 Å². The second-order valence-electron chi connectivity index (χ2n) is 7.60. The maximum Gasteiger partial charge on any atom is 0.269 e. The van der Waals surface area contributed by atoms with E-state index < -0.39 is 5.91 Å². The summed E-state index contributed by atoms with van der Waals surface area (Å²) in [5.41, 5.74) is 2.88. The predicted octanol–water partition coefficient (Wildman–Crippen LogP) is 1.10. The van der Waals surface area contributed by atoms with Crippen LogP contribution in [-0.4, -0.2) is 22.7 Å². The van der Waals surface area contributed by atoms with Gasteiger partial charge in [0.25, 0.3) is 17.7 Å². The van der Waals surface area contributed by atoms with Crippen LogP contribution in [0.3, 0.4) is 0 Å². The van der Waals surface area contributed by atoms with Crippen molar-refractivity contribution in [1.82, 2.24) is 10.4 Å². The minimum atomic E-state index is -0.474. The van der Waals surface area contributed by atoms with E-state index in [2.05, 4.69) is 23.6 Å². The number of nitriles is 1. The van der Waals surface area contributed by atoms with Crippen LogP contribution in [0.25, 0.3) is 0 Å². The van der Waals surface area contributed by atoms with Crippen molar-refractivity contribution in [1.29, 1.82) is 5.26 Å². The van der Waals surface area contributed by atoms with Crippen molar-refractivity contribution in [2.75, 3.05) is 0 Å². The molecule has 5 unspecified atom stereocenters. The number of nitrogens with zero attached hydrogens (tertiary/aromatic N) is 2. The third-order valence-corrected chi connectivity index (χ3v) is 6.40. The van der Waals surface area contributed by atoms with Gasteiger partial charge < -0.3 is 0 Å². The Morgan fingerprint density at radius 1 is 1.12 bits per heavy atom. The molecular weight excluding hydrogens is 318 g/mol. The highest BCUT2D eigenvalue weighted by Gasteiger charge is 2.67. The number of nitrogens with one attached hydrogen (secondary N) is 1. The minimum Gasteiger partial charge on any atom is -0.272 e. The Morgan fingerprint density at radius 2 is 1.76 bits per heavy atom. The van der Waals surface area contributed by atoms with Crippen molar-refractivity contribution >= 4 is 17.7 Å². The fourth-order valence-corrected chi connectivity index (χ4v) is 5.12. The summed E-state index contributed by atoms with van der Waals surface area (Å²) in [6, 6.07) is 2.12. The molecule has 6 heteroatoms. The lowest BCUT2D eigenvalue weighted by molar-refractivity contribution is -0.148. The molecule has 3 fully saturated rings. The van der Waals surface area contributed by atoms with Gasteiger partial charge in [0.05, 0.1) is 23.8 Å². The number of carbonyl (C=O) groups excluding carboxylic acids is 3. The normalized spacial score (nSPS) is 42.6. The second kappa shape index (κ2) is 4.92. The van der Waals surface area contributed by atoms with E-state index in [1.54, 1.807) is 18.2 Å². The SMILES string of the molecule is N#CC1C=CC(C(=O)NN2C(=O)[C@@H]3C4C=CC(C5CC54)[C@@H]3C2=O)=CC1. The first-order valence-electron chi connectivity index (χ1n) is 8.75. The Hall–Kier alpha value is -2.68. The number of allylic oxidation sites excluding steroid dienone is 4. The molecular formula is C19H17N3O3. The molecule has 6 rings (SSSR count). The average Bonchev–Trinajstić information content (AvgIpc) is 3.43. The minimum absolute atomic E-state index is 0.142. The molecule has 6 nitrogen and oxygen atoms in total. The molecule has 7 atom stereocenters. The molecule has 1 heterocycles. The molecule has 0 spiro atoms. The fourth-order valence-electron chi connectivity index (χ4n) is 5.12. The molecule has 6 aliphatic rings. The van der Waals surface area contributed by atoms with E-state index in [4.69, 9.17) is 5.26 Å². The number of imide groups is 1. The summed E-state index contributed by atoms with van der Waals surface area (Å²) >= 11 is 0. The zero-order valence-electron chi connectivity index (χ0n) is 13.5. The van der Waals surface area contributed by atoms with Crippen molar-refractivity contribution in [2.24, 2.45) is 41.4 Å². The standard InChI is InChI=1S/C19H17N3O3/c20-8-9-1-3-10(4-2-9)17(23)21-22-18(24)15-11-5-6-12(14-7-13(11)14)16(15)19(22)25/h1,3-6,9,11-16H,2,7H2,(H,21,23)/t9?,11?,12?,13?,14?,15-,16+. The summed E-state index contributed by atoms with van der Waals surface area (Å²) in [5.74, 6) is -0.526. The Labute approximate surface area is 144 Å². The Morgan fingerprint density at radius 3 is 2.28 bits per heavy atom. The van der Waals surface area contributed by atoms with Crippen LogP contribution < -0.4 is 5.43 Å². The average molecular weight is 335 g/mol. The molecule has 3 amide bonds. The Kier molecular flexibility index (Phi) is 2.88. The van der Waals surface area contributed by atoms with Gasteiger partial charge in [-0.25, -0.2) is 0 Å². The maximum atomic E-state index is 12.8. The smallest absolute Gasteiger partial charge is 0.269 e. The van der Waals surface area contributed by atoms with Crippen molar-refractivity contribution in [3.8, 4) is 6.07 Å². The van der Waals surface area contributed by atoms with Crippen molar-refractivity contribution in [3.05, 3.63) is 36.0 Å². The predicted molar refractivity (Wildman–Crippen MR) is 85.6 cm³/mol. The van der Waals surface area contributed by atoms with E-state index in [0.717, 1.165) is 11.4 Å². The number of hydrazine groups is 1. The molecule has 0 radical (unpaired) electrons. The monoisotopic (exact) mass is 335 g/mol. The first kappa shape index (κ1) is 14.6. The fraction of sp³-hybridized carbons (Fsp3) is 0.474. The number of hydrogen-bond acceptors (Lipinski definition) is 4. The third-order valence-electron chi connectivity index (χ3n) is 6.40. The molecule has 0 aromatic heterocycles. The van der Waals surface area contributed by atoms with Gasteiger partial charge in [-0.15, -0.1) is 0 Å². The summed E-state index contributed by atoms with van der Waals surface area (Å²) in [6.07, 6.45) is 10.7. The number of carbonyl (C=O) groups is 3. The number of hydrogen-bond donors (Lipinski definition) is 1. The largest absolute Gasteiger partial charge is 0.272 e. The lowest BCUT2D eigenvalue weighted by atomic mass is 9.63. The molecule has 0 aromatic carbocycles. The maximum absolute atomic E-state index is 12.8. The van der Waals surface area contributed by atoms with Crippen LogP contribution in [0.2, 0.25) is 0 Å². The van der Waals surface area contributed by atoms with Crippen LogP contribution in [0.4, 0.5) is 0 Å². The van der Waals surface area contributed by atoms with Crippen molar-refractivity contribution in [2.45, 2.75) is 12.8 Å². The van der Waals surface area contributed by atoms with E-state index >= 15 is 0 Å². The molecule has 25 heavy (non-hydrogen) atoms. The van der Waals surface area contributed by atoms with Gasteiger partial charge in [-0.05, 0) is 36.5 Å². The van der Waals surface area contributed by atoms with Gasteiger partial charge >= 0.3 is 0 Å². The van der Waals surface area contributed by atoms with Crippen LogP contribution >= 0.6 is 0 Å². The van der Waals surface area contributed by atoms with Gasteiger partial charge in [0.1, 0.15) is 0 Å². The second-order valence-corrected chi connectivity index (χ2v) is 7.60. The van der Waals surface area contributed by atoms with Crippen LogP contribution in [0.15, 0.2) is 36.0 Å².